The molecule has 1 aromatic rings. The van der Waals surface area contributed by atoms with Crippen molar-refractivity contribution in [2.24, 2.45) is 0 Å². The molecule has 1 aliphatic rings. The van der Waals surface area contributed by atoms with Gasteiger partial charge in [-0.3, -0.25) is 4.79 Å². The van der Waals surface area contributed by atoms with Gasteiger partial charge in [-0.15, -0.1) is 0 Å². The lowest BCUT2D eigenvalue weighted by Gasteiger charge is -2.20. The predicted molar refractivity (Wildman–Crippen MR) is 91.6 cm³/mol. The fraction of sp³-hybridized carbons (Fsp3) is 0.421. The van der Waals surface area contributed by atoms with Crippen molar-refractivity contribution in [1.82, 2.24) is 10.6 Å². The molecule has 0 bridgehead atoms. The first-order valence-corrected chi connectivity index (χ1v) is 8.29. The number of benzene rings is 1. The van der Waals surface area contributed by atoms with Gasteiger partial charge in [-0.2, -0.15) is 10.5 Å². The van der Waals surface area contributed by atoms with Gasteiger partial charge in [-0.1, -0.05) is 18.2 Å². The highest BCUT2D eigenvalue weighted by Gasteiger charge is 2.16. The standard InChI is InChI=1S/C19H22N4O/c1-14(16-8-7-15-5-2-3-6-17(15)11-16)23-19(24)18(12-21)13-22-10-4-9-20/h7-8,11,13-14,22H,2-6,10H2,1H3,(H,23,24)/b18-13-. The molecule has 0 saturated carbocycles. The molecule has 1 unspecified atom stereocenters. The van der Waals surface area contributed by atoms with Crippen LogP contribution < -0.4 is 10.6 Å². The molecule has 0 aliphatic heterocycles. The van der Waals surface area contributed by atoms with Gasteiger partial charge in [-0.05, 0) is 49.3 Å². The monoisotopic (exact) mass is 322 g/mol. The average molecular weight is 322 g/mol. The quantitative estimate of drug-likeness (QED) is 0.479. The Balaban J connectivity index is 2.00. The van der Waals surface area contributed by atoms with Crippen LogP contribution in [0.4, 0.5) is 0 Å². The van der Waals surface area contributed by atoms with Gasteiger partial charge < -0.3 is 10.6 Å². The first-order chi connectivity index (χ1) is 11.7. The van der Waals surface area contributed by atoms with Gasteiger partial charge in [0.15, 0.2) is 0 Å². The SMILES string of the molecule is CC(NC(=O)/C(C#N)=C\NCCC#N)c1ccc2c(c1)CCCC2. The van der Waals surface area contributed by atoms with Crippen molar-refractivity contribution in [1.29, 1.82) is 10.5 Å². The molecule has 0 saturated heterocycles. The van der Waals surface area contributed by atoms with Gasteiger partial charge in [0.2, 0.25) is 0 Å². The van der Waals surface area contributed by atoms with Crippen LogP contribution in [0.3, 0.4) is 0 Å². The molecule has 0 aromatic heterocycles. The number of carbonyl (C=O) groups is 1. The highest BCUT2D eigenvalue weighted by atomic mass is 16.1. The number of aryl methyl sites for hydroxylation is 2. The molecule has 2 N–H and O–H groups in total. The molecule has 24 heavy (non-hydrogen) atoms. The lowest BCUT2D eigenvalue weighted by molar-refractivity contribution is -0.117. The Morgan fingerprint density at radius 1 is 1.29 bits per heavy atom. The zero-order valence-corrected chi connectivity index (χ0v) is 13.9. The lowest BCUT2D eigenvalue weighted by atomic mass is 9.89. The van der Waals surface area contributed by atoms with Gasteiger partial charge in [0.1, 0.15) is 11.6 Å². The number of hydrogen-bond acceptors (Lipinski definition) is 4. The van der Waals surface area contributed by atoms with Crippen LogP contribution >= 0.6 is 0 Å². The maximum Gasteiger partial charge on any atom is 0.263 e. The fourth-order valence-corrected chi connectivity index (χ4v) is 2.83. The third-order valence-electron chi connectivity index (χ3n) is 4.21. The number of rotatable bonds is 6. The number of hydrogen-bond donors (Lipinski definition) is 2. The molecule has 0 heterocycles. The molecule has 124 valence electrons. The van der Waals surface area contributed by atoms with Crippen LogP contribution in [0.25, 0.3) is 0 Å². The summed E-state index contributed by atoms with van der Waals surface area (Å²) in [5.74, 6) is -0.410. The Morgan fingerprint density at radius 3 is 2.75 bits per heavy atom. The van der Waals surface area contributed by atoms with Crippen molar-refractivity contribution < 1.29 is 4.79 Å². The summed E-state index contributed by atoms with van der Waals surface area (Å²) < 4.78 is 0. The molecule has 5 heteroatoms. The number of nitrogens with zero attached hydrogens (tertiary/aromatic N) is 2. The summed E-state index contributed by atoms with van der Waals surface area (Å²) >= 11 is 0. The summed E-state index contributed by atoms with van der Waals surface area (Å²) in [5, 5.41) is 23.2. The molecule has 5 nitrogen and oxygen atoms in total. The van der Waals surface area contributed by atoms with Gasteiger partial charge in [0, 0.05) is 12.7 Å². The smallest absolute Gasteiger partial charge is 0.263 e. The summed E-state index contributed by atoms with van der Waals surface area (Å²) in [5.41, 5.74) is 3.84. The first kappa shape index (κ1) is 17.6. The number of amides is 1. The lowest BCUT2D eigenvalue weighted by Crippen LogP contribution is -2.28. The Hall–Kier alpha value is -2.79. The van der Waals surface area contributed by atoms with E-state index in [1.165, 1.54) is 30.2 Å². The normalized spacial score (nSPS) is 14.7. The maximum absolute atomic E-state index is 12.2. The topological polar surface area (TPSA) is 88.7 Å². The Kier molecular flexibility index (Phi) is 6.40. The minimum absolute atomic E-state index is 0.0118. The highest BCUT2D eigenvalue weighted by Crippen LogP contribution is 2.24. The number of nitrogens with one attached hydrogen (secondary N) is 2. The van der Waals surface area contributed by atoms with E-state index >= 15 is 0 Å². The van der Waals surface area contributed by atoms with Crippen LogP contribution in [0.2, 0.25) is 0 Å². The number of carbonyl (C=O) groups excluding carboxylic acids is 1. The van der Waals surface area contributed by atoms with Crippen molar-refractivity contribution >= 4 is 5.91 Å². The van der Waals surface area contributed by atoms with Crippen molar-refractivity contribution in [3.63, 3.8) is 0 Å². The largest absolute Gasteiger partial charge is 0.389 e. The summed E-state index contributed by atoms with van der Waals surface area (Å²) in [6, 6.07) is 10.1. The first-order valence-electron chi connectivity index (χ1n) is 8.29. The van der Waals surface area contributed by atoms with E-state index < -0.39 is 5.91 Å². The van der Waals surface area contributed by atoms with Crippen molar-refractivity contribution in [3.8, 4) is 12.1 Å². The van der Waals surface area contributed by atoms with E-state index in [0.717, 1.165) is 18.4 Å². The second-order valence-corrected chi connectivity index (χ2v) is 5.96. The second-order valence-electron chi connectivity index (χ2n) is 5.96. The maximum atomic E-state index is 12.2. The van der Waals surface area contributed by atoms with Crippen LogP contribution in [0.1, 0.15) is 48.9 Å². The molecule has 1 aliphatic carbocycles. The summed E-state index contributed by atoms with van der Waals surface area (Å²) in [4.78, 5) is 12.2. The fourth-order valence-electron chi connectivity index (χ4n) is 2.83. The molecular weight excluding hydrogens is 300 g/mol. The Bertz CT molecular complexity index is 709. The third-order valence-corrected chi connectivity index (χ3v) is 4.21. The van der Waals surface area contributed by atoms with E-state index in [9.17, 15) is 4.79 Å². The van der Waals surface area contributed by atoms with E-state index in [4.69, 9.17) is 10.5 Å². The summed E-state index contributed by atoms with van der Waals surface area (Å²) in [6.45, 7) is 2.33. The van der Waals surface area contributed by atoms with E-state index in [1.54, 1.807) is 0 Å². The molecule has 2 rings (SSSR count). The minimum atomic E-state index is -0.410. The van der Waals surface area contributed by atoms with Crippen molar-refractivity contribution in [2.45, 2.75) is 45.1 Å². The average Bonchev–Trinajstić information content (AvgIpc) is 2.61. The van der Waals surface area contributed by atoms with E-state index in [1.807, 2.05) is 19.1 Å². The summed E-state index contributed by atoms with van der Waals surface area (Å²) in [6.07, 6.45) is 6.37. The van der Waals surface area contributed by atoms with Crippen LogP contribution in [0, 0.1) is 22.7 Å². The number of nitriles is 2. The van der Waals surface area contributed by atoms with E-state index in [-0.39, 0.29) is 11.6 Å². The second kappa shape index (κ2) is 8.74. The van der Waals surface area contributed by atoms with Crippen LogP contribution in [-0.2, 0) is 17.6 Å². The van der Waals surface area contributed by atoms with Crippen LogP contribution in [0.15, 0.2) is 30.0 Å². The predicted octanol–water partition coefficient (Wildman–Crippen LogP) is 2.65. The van der Waals surface area contributed by atoms with Crippen LogP contribution in [0.5, 0.6) is 0 Å². The zero-order valence-electron chi connectivity index (χ0n) is 13.9. The van der Waals surface area contributed by atoms with Gasteiger partial charge in [0.05, 0.1) is 18.5 Å². The molecule has 1 amide bonds. The summed E-state index contributed by atoms with van der Waals surface area (Å²) in [7, 11) is 0. The van der Waals surface area contributed by atoms with Gasteiger partial charge in [0.25, 0.3) is 5.91 Å². The zero-order chi connectivity index (χ0) is 17.4. The van der Waals surface area contributed by atoms with Crippen molar-refractivity contribution in [3.05, 3.63) is 46.7 Å². The Labute approximate surface area is 143 Å². The molecule has 0 radical (unpaired) electrons. The van der Waals surface area contributed by atoms with E-state index in [0.29, 0.717) is 13.0 Å². The van der Waals surface area contributed by atoms with Gasteiger partial charge >= 0.3 is 0 Å². The Morgan fingerprint density at radius 2 is 2.04 bits per heavy atom. The molecule has 0 fully saturated rings. The molecule has 1 aromatic carbocycles. The minimum Gasteiger partial charge on any atom is -0.389 e. The van der Waals surface area contributed by atoms with Crippen LogP contribution in [-0.4, -0.2) is 12.5 Å². The van der Waals surface area contributed by atoms with Crippen molar-refractivity contribution in [2.75, 3.05) is 6.54 Å². The molecule has 0 spiro atoms. The van der Waals surface area contributed by atoms with E-state index in [2.05, 4.69) is 28.8 Å². The molecular formula is C19H22N4O. The highest BCUT2D eigenvalue weighted by molar-refractivity contribution is 5.97. The van der Waals surface area contributed by atoms with Gasteiger partial charge in [-0.25, -0.2) is 0 Å². The molecule has 1 atom stereocenters. The third kappa shape index (κ3) is 4.60. The number of fused-ring (bicyclic) bond motifs is 1.